The summed E-state index contributed by atoms with van der Waals surface area (Å²) in [5.74, 6) is 0. The molecule has 109 valence electrons. The molecule has 0 saturated carbocycles. The van der Waals surface area contributed by atoms with Crippen molar-refractivity contribution < 1.29 is 25.3 Å². The maximum atomic E-state index is 9.95. The van der Waals surface area contributed by atoms with Crippen LogP contribution in [-0.2, 0) is 4.74 Å². The quantitative estimate of drug-likeness (QED) is 0.297. The Bertz CT molecular complexity index is 703. The van der Waals surface area contributed by atoms with Crippen molar-refractivity contribution in [3.63, 3.8) is 0 Å². The predicted octanol–water partition coefficient (Wildman–Crippen LogP) is -2.82. The molecule has 0 spiro atoms. The Kier molecular flexibility index (Phi) is 4.68. The topological polar surface area (TPSA) is 150 Å². The van der Waals surface area contributed by atoms with E-state index in [1.165, 1.54) is 10.9 Å². The number of imidazole rings is 1. The maximum absolute atomic E-state index is 9.95. The van der Waals surface area contributed by atoms with E-state index in [0.29, 0.717) is 4.73 Å². The van der Waals surface area contributed by atoms with Crippen molar-refractivity contribution in [3.8, 4) is 0 Å². The van der Waals surface area contributed by atoms with Gasteiger partial charge >= 0.3 is 0 Å². The molecule has 2 aromatic heterocycles. The summed E-state index contributed by atoms with van der Waals surface area (Å²) in [6.45, 7) is -0.435. The third-order valence-electron chi connectivity index (χ3n) is 3.30. The zero-order valence-electron chi connectivity index (χ0n) is 11.2. The van der Waals surface area contributed by atoms with Crippen molar-refractivity contribution in [2.75, 3.05) is 6.61 Å². The number of aromatic nitrogens is 4. The van der Waals surface area contributed by atoms with Gasteiger partial charge in [0.1, 0.15) is 24.6 Å². The van der Waals surface area contributed by atoms with Gasteiger partial charge in [0.2, 0.25) is 0 Å². The molecule has 1 saturated heterocycles. The number of aliphatic hydroxyl groups is 3. The van der Waals surface area contributed by atoms with Crippen LogP contribution in [0.2, 0.25) is 0 Å². The van der Waals surface area contributed by atoms with Crippen molar-refractivity contribution in [2.24, 2.45) is 0 Å². The fraction of sp³-hybridized carbons (Fsp3) is 0.500. The average Bonchev–Trinajstić information content (AvgIpc) is 2.98. The normalized spacial score (nSPS) is 28.7. The Labute approximate surface area is 140 Å². The second-order valence-electron chi connectivity index (χ2n) is 4.49. The first-order chi connectivity index (χ1) is 9.54. The first kappa shape index (κ1) is 16.4. The summed E-state index contributed by atoms with van der Waals surface area (Å²) >= 11 is 0. The van der Waals surface area contributed by atoms with Crippen molar-refractivity contribution in [2.45, 2.75) is 24.5 Å². The Hall–Kier alpha value is -1.01. The molecule has 11 heteroatoms. The standard InChI is InChI=1S/C10H13N5O5.Na/c11-8-5-9(13-3-15(8)19)14(2-12-5)10-7(18)6(17)4(1-16)20-10;/h2-4,6-7,10-11,16-19H,1H2;/t4-,6-,7-,10-;/m1./s1. The van der Waals surface area contributed by atoms with Gasteiger partial charge in [-0.3, -0.25) is 9.98 Å². The second-order valence-corrected chi connectivity index (χ2v) is 4.49. The molecule has 1 radical (unpaired) electrons. The maximum Gasteiger partial charge on any atom is 0.192 e. The number of hydrogen-bond acceptors (Lipinski definition) is 8. The molecule has 0 aromatic carbocycles. The van der Waals surface area contributed by atoms with Crippen molar-refractivity contribution in [3.05, 3.63) is 18.1 Å². The number of aliphatic hydroxyl groups excluding tert-OH is 3. The molecule has 0 amide bonds. The van der Waals surface area contributed by atoms with E-state index < -0.39 is 31.1 Å². The molecular formula is C10H13N5NaO5. The van der Waals surface area contributed by atoms with E-state index >= 15 is 0 Å². The molecule has 1 aliphatic rings. The minimum atomic E-state index is -1.26. The third-order valence-corrected chi connectivity index (χ3v) is 3.30. The van der Waals surface area contributed by atoms with Crippen LogP contribution >= 0.6 is 0 Å². The Morgan fingerprint density at radius 1 is 1.24 bits per heavy atom. The smallest absolute Gasteiger partial charge is 0.192 e. The molecule has 0 unspecified atom stereocenters. The molecule has 0 bridgehead atoms. The van der Waals surface area contributed by atoms with Gasteiger partial charge in [0.05, 0.1) is 12.9 Å². The zero-order chi connectivity index (χ0) is 14.4. The molecular weight excluding hydrogens is 293 g/mol. The van der Waals surface area contributed by atoms with Gasteiger partial charge < -0.3 is 25.3 Å². The van der Waals surface area contributed by atoms with Crippen LogP contribution in [0.15, 0.2) is 12.7 Å². The number of nitrogens with zero attached hydrogens (tertiary/aromatic N) is 4. The van der Waals surface area contributed by atoms with Crippen LogP contribution in [0.5, 0.6) is 0 Å². The summed E-state index contributed by atoms with van der Waals surface area (Å²) in [5.41, 5.74) is 0.0726. The fourth-order valence-corrected chi connectivity index (χ4v) is 2.22. The molecule has 3 rings (SSSR count). The summed E-state index contributed by atoms with van der Waals surface area (Å²) in [6.07, 6.45) is -2.07. The van der Waals surface area contributed by atoms with Crippen LogP contribution in [-0.4, -0.2) is 94.3 Å². The van der Waals surface area contributed by atoms with E-state index in [-0.39, 0.29) is 46.2 Å². The SMILES string of the molecule is N=c1c2ncn([C@@H]3O[C@H](CO)[C@@H](O)[C@H]3O)c2ncn1O.[Na]. The van der Waals surface area contributed by atoms with E-state index in [2.05, 4.69) is 9.97 Å². The van der Waals surface area contributed by atoms with Gasteiger partial charge in [-0.1, -0.05) is 0 Å². The van der Waals surface area contributed by atoms with Gasteiger partial charge in [-0.2, -0.15) is 4.73 Å². The van der Waals surface area contributed by atoms with Gasteiger partial charge in [0.15, 0.2) is 22.9 Å². The molecule has 1 aliphatic heterocycles. The monoisotopic (exact) mass is 306 g/mol. The van der Waals surface area contributed by atoms with Crippen molar-refractivity contribution in [1.29, 1.82) is 5.41 Å². The summed E-state index contributed by atoms with van der Waals surface area (Å²) in [7, 11) is 0. The minimum absolute atomic E-state index is 0. The van der Waals surface area contributed by atoms with Crippen LogP contribution < -0.4 is 5.49 Å². The van der Waals surface area contributed by atoms with Crippen LogP contribution in [0.25, 0.3) is 11.2 Å². The first-order valence-corrected chi connectivity index (χ1v) is 5.85. The van der Waals surface area contributed by atoms with Gasteiger partial charge in [0.25, 0.3) is 0 Å². The van der Waals surface area contributed by atoms with Gasteiger partial charge in [-0.15, -0.1) is 0 Å². The van der Waals surface area contributed by atoms with E-state index in [1.54, 1.807) is 0 Å². The molecule has 3 heterocycles. The number of hydrogen-bond donors (Lipinski definition) is 5. The van der Waals surface area contributed by atoms with E-state index in [9.17, 15) is 15.4 Å². The molecule has 21 heavy (non-hydrogen) atoms. The second kappa shape index (κ2) is 6.01. The predicted molar refractivity (Wildman–Crippen MR) is 67.3 cm³/mol. The molecule has 0 aliphatic carbocycles. The van der Waals surface area contributed by atoms with Gasteiger partial charge in [0, 0.05) is 29.6 Å². The van der Waals surface area contributed by atoms with Crippen molar-refractivity contribution >= 4 is 40.7 Å². The molecule has 10 nitrogen and oxygen atoms in total. The van der Waals surface area contributed by atoms with E-state index in [1.807, 2.05) is 0 Å². The molecule has 4 atom stereocenters. The summed E-state index contributed by atoms with van der Waals surface area (Å²) < 4.78 is 7.22. The van der Waals surface area contributed by atoms with E-state index in [4.69, 9.17) is 15.3 Å². The molecule has 1 fully saturated rings. The zero-order valence-corrected chi connectivity index (χ0v) is 13.2. The number of ether oxygens (including phenoxy) is 1. The molecule has 2 aromatic rings. The fourth-order valence-electron chi connectivity index (χ4n) is 2.22. The van der Waals surface area contributed by atoms with Gasteiger partial charge in [-0.25, -0.2) is 9.97 Å². The number of fused-ring (bicyclic) bond motifs is 1. The van der Waals surface area contributed by atoms with Crippen LogP contribution in [0.4, 0.5) is 0 Å². The Balaban J connectivity index is 0.00000161. The summed E-state index contributed by atoms with van der Waals surface area (Å²) in [5, 5.41) is 45.7. The van der Waals surface area contributed by atoms with E-state index in [0.717, 1.165) is 6.33 Å². The summed E-state index contributed by atoms with van der Waals surface area (Å²) in [6, 6.07) is 0. The van der Waals surface area contributed by atoms with Gasteiger partial charge in [-0.05, 0) is 0 Å². The number of nitrogens with one attached hydrogen (secondary N) is 1. The largest absolute Gasteiger partial charge is 0.425 e. The third kappa shape index (κ3) is 2.48. The summed E-state index contributed by atoms with van der Waals surface area (Å²) in [4.78, 5) is 7.85. The minimum Gasteiger partial charge on any atom is -0.425 e. The average molecular weight is 306 g/mol. The van der Waals surface area contributed by atoms with Crippen LogP contribution in [0.3, 0.4) is 0 Å². The first-order valence-electron chi connectivity index (χ1n) is 5.85. The van der Waals surface area contributed by atoms with Crippen LogP contribution in [0.1, 0.15) is 6.23 Å². The Morgan fingerprint density at radius 2 is 1.95 bits per heavy atom. The number of rotatable bonds is 2. The molecule has 5 N–H and O–H groups in total. The van der Waals surface area contributed by atoms with Crippen LogP contribution in [0, 0.1) is 5.41 Å². The van der Waals surface area contributed by atoms with Crippen molar-refractivity contribution in [1.82, 2.24) is 19.3 Å². The Morgan fingerprint density at radius 3 is 2.57 bits per heavy atom.